The molecule has 0 saturated heterocycles. The molecule has 4 nitrogen and oxygen atoms in total. The number of ether oxygens (including phenoxy) is 1. The van der Waals surface area contributed by atoms with E-state index in [-0.39, 0.29) is 23.7 Å². The number of anilines is 1. The molecule has 0 fully saturated rings. The Labute approximate surface area is 102 Å². The van der Waals surface area contributed by atoms with Crippen LogP contribution in [0.25, 0.3) is 0 Å². The van der Waals surface area contributed by atoms with Crippen molar-refractivity contribution in [1.82, 2.24) is 4.98 Å². The Kier molecular flexibility index (Phi) is 4.62. The lowest BCUT2D eigenvalue weighted by Crippen LogP contribution is -2.11. The largest absolute Gasteiger partial charge is 0.469 e. The number of alkyl halides is 3. The molecule has 2 N–H and O–H groups in total. The van der Waals surface area contributed by atoms with Crippen molar-refractivity contribution in [2.24, 2.45) is 0 Å². The number of nitrogens with zero attached hydrogens (tertiary/aromatic N) is 1. The number of nitrogen functional groups attached to an aromatic ring is 1. The van der Waals surface area contributed by atoms with Crippen molar-refractivity contribution < 1.29 is 18.3 Å². The highest BCUT2D eigenvalue weighted by Gasteiger charge is 2.20. The lowest BCUT2D eigenvalue weighted by molar-refractivity contribution is -0.139. The van der Waals surface area contributed by atoms with Crippen LogP contribution in [0.3, 0.4) is 0 Å². The maximum Gasteiger partial charge on any atom is 0.309 e. The van der Waals surface area contributed by atoms with Crippen LogP contribution in [0.4, 0.5) is 14.6 Å². The van der Waals surface area contributed by atoms with Gasteiger partial charge in [-0.1, -0.05) is 0 Å². The highest BCUT2D eigenvalue weighted by Crippen LogP contribution is 2.27. The van der Waals surface area contributed by atoms with E-state index < -0.39 is 18.1 Å². The summed E-state index contributed by atoms with van der Waals surface area (Å²) >= 11 is 5.59. The molecule has 0 radical (unpaired) electrons. The molecule has 0 unspecified atom stereocenters. The molecule has 0 bridgehead atoms. The summed E-state index contributed by atoms with van der Waals surface area (Å²) in [5.41, 5.74) is 5.35. The molecule has 0 aliphatic rings. The summed E-state index contributed by atoms with van der Waals surface area (Å²) in [6.07, 6.45) is -2.95. The zero-order valence-corrected chi connectivity index (χ0v) is 9.80. The van der Waals surface area contributed by atoms with Crippen molar-refractivity contribution in [3.63, 3.8) is 0 Å². The van der Waals surface area contributed by atoms with Crippen molar-refractivity contribution in [3.05, 3.63) is 22.9 Å². The summed E-state index contributed by atoms with van der Waals surface area (Å²) in [4.78, 5) is 14.7. The smallest absolute Gasteiger partial charge is 0.309 e. The van der Waals surface area contributed by atoms with Gasteiger partial charge >= 0.3 is 5.97 Å². The van der Waals surface area contributed by atoms with Gasteiger partial charge in [0.1, 0.15) is 11.5 Å². The van der Waals surface area contributed by atoms with Gasteiger partial charge in [-0.05, 0) is 17.2 Å². The van der Waals surface area contributed by atoms with E-state index in [2.05, 4.69) is 9.72 Å². The van der Waals surface area contributed by atoms with Crippen molar-refractivity contribution in [1.29, 1.82) is 0 Å². The third-order valence-corrected chi connectivity index (χ3v) is 2.44. The van der Waals surface area contributed by atoms with Gasteiger partial charge in [0.15, 0.2) is 0 Å². The van der Waals surface area contributed by atoms with E-state index in [1.54, 1.807) is 0 Å². The number of carbonyl (C=O) groups is 1. The van der Waals surface area contributed by atoms with E-state index in [4.69, 9.17) is 17.3 Å². The second-order valence-electron chi connectivity index (χ2n) is 3.26. The number of aromatic nitrogens is 1. The van der Waals surface area contributed by atoms with Crippen LogP contribution < -0.4 is 5.73 Å². The Bertz CT molecular complexity index is 427. The molecule has 1 aromatic heterocycles. The van der Waals surface area contributed by atoms with Gasteiger partial charge in [0.2, 0.25) is 0 Å². The molecule has 0 spiro atoms. The van der Waals surface area contributed by atoms with Gasteiger partial charge in [0.25, 0.3) is 6.43 Å². The SMILES string of the molecule is COC(=O)Cc1cc(N)nc(C(F)F)c1CCl. The van der Waals surface area contributed by atoms with Crippen LogP contribution in [0.2, 0.25) is 0 Å². The zero-order valence-electron chi connectivity index (χ0n) is 9.04. The van der Waals surface area contributed by atoms with Crippen molar-refractivity contribution in [2.45, 2.75) is 18.7 Å². The number of rotatable bonds is 4. The summed E-state index contributed by atoms with van der Waals surface area (Å²) in [5, 5.41) is 0. The van der Waals surface area contributed by atoms with E-state index in [9.17, 15) is 13.6 Å². The van der Waals surface area contributed by atoms with Crippen molar-refractivity contribution >= 4 is 23.4 Å². The number of carbonyl (C=O) groups excluding carboxylic acids is 1. The Morgan fingerprint density at radius 3 is 2.76 bits per heavy atom. The van der Waals surface area contributed by atoms with Gasteiger partial charge < -0.3 is 10.5 Å². The highest BCUT2D eigenvalue weighted by atomic mass is 35.5. The molecule has 0 aromatic carbocycles. The van der Waals surface area contributed by atoms with Crippen LogP contribution in [0.5, 0.6) is 0 Å². The number of nitrogens with two attached hydrogens (primary N) is 1. The molecule has 1 rings (SSSR count). The van der Waals surface area contributed by atoms with Crippen LogP contribution >= 0.6 is 11.6 Å². The first-order valence-corrected chi connectivity index (χ1v) is 5.22. The molecule has 7 heteroatoms. The Hall–Kier alpha value is -1.43. The second-order valence-corrected chi connectivity index (χ2v) is 3.52. The monoisotopic (exact) mass is 264 g/mol. The number of hydrogen-bond acceptors (Lipinski definition) is 4. The number of hydrogen-bond donors (Lipinski definition) is 1. The van der Waals surface area contributed by atoms with Gasteiger partial charge in [-0.15, -0.1) is 11.6 Å². The molecule has 0 atom stereocenters. The molecule has 0 amide bonds. The molecule has 0 aliphatic heterocycles. The minimum atomic E-state index is -2.79. The summed E-state index contributed by atoms with van der Waals surface area (Å²) in [7, 11) is 1.21. The third-order valence-electron chi connectivity index (χ3n) is 2.17. The summed E-state index contributed by atoms with van der Waals surface area (Å²) < 4.78 is 29.9. The molecular weight excluding hydrogens is 254 g/mol. The standard InChI is InChI=1S/C10H11ClF2N2O2/c1-17-8(16)3-5-2-7(14)15-9(10(12)13)6(5)4-11/h2,10H,3-4H2,1H3,(H2,14,15). The average molecular weight is 265 g/mol. The van der Waals surface area contributed by atoms with Crippen LogP contribution in [-0.2, 0) is 21.8 Å². The molecule has 1 heterocycles. The minimum absolute atomic E-state index is 0.0759. The van der Waals surface area contributed by atoms with Gasteiger partial charge in [-0.25, -0.2) is 13.8 Å². The highest BCUT2D eigenvalue weighted by molar-refractivity contribution is 6.17. The Balaban J connectivity index is 3.23. The predicted molar refractivity (Wildman–Crippen MR) is 58.9 cm³/mol. The van der Waals surface area contributed by atoms with Gasteiger partial charge in [-0.3, -0.25) is 4.79 Å². The molecule has 1 aromatic rings. The van der Waals surface area contributed by atoms with E-state index in [0.717, 1.165) is 0 Å². The van der Waals surface area contributed by atoms with Crippen LogP contribution in [0.1, 0.15) is 23.2 Å². The number of pyridine rings is 1. The Morgan fingerprint density at radius 2 is 2.29 bits per heavy atom. The number of esters is 1. The summed E-state index contributed by atoms with van der Waals surface area (Å²) in [5.74, 6) is -0.797. The third kappa shape index (κ3) is 3.26. The first-order valence-electron chi connectivity index (χ1n) is 4.68. The number of methoxy groups -OCH3 is 1. The first kappa shape index (κ1) is 13.6. The lowest BCUT2D eigenvalue weighted by atomic mass is 10.0. The maximum absolute atomic E-state index is 12.7. The topological polar surface area (TPSA) is 65.2 Å². The molecule has 0 aliphatic carbocycles. The lowest BCUT2D eigenvalue weighted by Gasteiger charge is -2.12. The van der Waals surface area contributed by atoms with E-state index >= 15 is 0 Å². The van der Waals surface area contributed by atoms with Crippen molar-refractivity contribution in [2.75, 3.05) is 12.8 Å². The summed E-state index contributed by atoms with van der Waals surface area (Å²) in [6.45, 7) is 0. The predicted octanol–water partition coefficient (Wildman–Crippen LogP) is 2.06. The van der Waals surface area contributed by atoms with Gasteiger partial charge in [-0.2, -0.15) is 0 Å². The van der Waals surface area contributed by atoms with E-state index in [0.29, 0.717) is 5.56 Å². The quantitative estimate of drug-likeness (QED) is 0.668. The zero-order chi connectivity index (χ0) is 13.0. The van der Waals surface area contributed by atoms with Crippen molar-refractivity contribution in [3.8, 4) is 0 Å². The average Bonchev–Trinajstić information content (AvgIpc) is 2.28. The fourth-order valence-electron chi connectivity index (χ4n) is 1.39. The minimum Gasteiger partial charge on any atom is -0.469 e. The van der Waals surface area contributed by atoms with E-state index in [1.807, 2.05) is 0 Å². The maximum atomic E-state index is 12.7. The van der Waals surface area contributed by atoms with Gasteiger partial charge in [0, 0.05) is 5.88 Å². The van der Waals surface area contributed by atoms with E-state index in [1.165, 1.54) is 13.2 Å². The van der Waals surface area contributed by atoms with Crippen LogP contribution in [0, 0.1) is 0 Å². The fraction of sp³-hybridized carbons (Fsp3) is 0.400. The first-order chi connectivity index (χ1) is 7.99. The van der Waals surface area contributed by atoms with Crippen LogP contribution in [-0.4, -0.2) is 18.1 Å². The second kappa shape index (κ2) is 5.77. The molecule has 17 heavy (non-hydrogen) atoms. The van der Waals surface area contributed by atoms with Gasteiger partial charge in [0.05, 0.1) is 13.5 Å². The fourth-order valence-corrected chi connectivity index (χ4v) is 1.70. The molecular formula is C10H11ClF2N2O2. The molecule has 94 valence electrons. The Morgan fingerprint density at radius 1 is 1.65 bits per heavy atom. The normalized spacial score (nSPS) is 10.6. The molecule has 0 saturated carbocycles. The van der Waals surface area contributed by atoms with Crippen LogP contribution in [0.15, 0.2) is 6.07 Å². The summed E-state index contributed by atoms with van der Waals surface area (Å²) in [6, 6.07) is 1.35. The number of halogens is 3.